The van der Waals surface area contributed by atoms with E-state index in [9.17, 15) is 0 Å². The number of aliphatic imine (C=N–C) groups is 1. The van der Waals surface area contributed by atoms with Crippen LogP contribution in [0, 0.1) is 11.8 Å². The van der Waals surface area contributed by atoms with E-state index in [2.05, 4.69) is 46.4 Å². The molecule has 1 atom stereocenters. The maximum absolute atomic E-state index is 4.36. The van der Waals surface area contributed by atoms with Gasteiger partial charge in [0.2, 0.25) is 0 Å². The number of piperidine rings is 1. The Kier molecular flexibility index (Phi) is 10.5. The second-order valence-electron chi connectivity index (χ2n) is 7.63. The number of guanidine groups is 1. The second kappa shape index (κ2) is 11.5. The van der Waals surface area contributed by atoms with Crippen LogP contribution in [0.15, 0.2) is 4.99 Å². The molecule has 1 saturated carbocycles. The summed E-state index contributed by atoms with van der Waals surface area (Å²) in [7, 11) is 6.23. The molecule has 0 bridgehead atoms. The zero-order valence-electron chi connectivity index (χ0n) is 16.1. The average molecular weight is 451 g/mol. The first-order chi connectivity index (χ1) is 11.1. The molecule has 1 heterocycles. The van der Waals surface area contributed by atoms with Gasteiger partial charge in [-0.15, -0.1) is 24.0 Å². The van der Waals surface area contributed by atoms with Crippen LogP contribution in [0.25, 0.3) is 0 Å². The van der Waals surface area contributed by atoms with E-state index in [-0.39, 0.29) is 24.0 Å². The molecule has 2 rings (SSSR count). The third kappa shape index (κ3) is 7.87. The van der Waals surface area contributed by atoms with Crippen molar-refractivity contribution in [3.8, 4) is 0 Å². The van der Waals surface area contributed by atoms with Crippen molar-refractivity contribution in [1.82, 2.24) is 20.4 Å². The van der Waals surface area contributed by atoms with E-state index in [0.717, 1.165) is 30.9 Å². The molecule has 1 aliphatic heterocycles. The molecule has 0 radical (unpaired) electrons. The third-order valence-electron chi connectivity index (χ3n) is 5.35. The predicted octanol–water partition coefficient (Wildman–Crippen LogP) is 2.23. The Morgan fingerprint density at radius 2 is 1.83 bits per heavy atom. The van der Waals surface area contributed by atoms with Crippen molar-refractivity contribution in [3.05, 3.63) is 0 Å². The van der Waals surface area contributed by atoms with Crippen molar-refractivity contribution in [1.29, 1.82) is 0 Å². The van der Waals surface area contributed by atoms with Crippen molar-refractivity contribution in [2.45, 2.75) is 45.1 Å². The fraction of sp³-hybridized carbons (Fsp3) is 0.944. The minimum Gasteiger partial charge on any atom is -0.356 e. The number of hydrogen-bond donors (Lipinski definition) is 2. The van der Waals surface area contributed by atoms with E-state index in [0.29, 0.717) is 6.04 Å². The quantitative estimate of drug-likeness (QED) is 0.257. The summed E-state index contributed by atoms with van der Waals surface area (Å²) in [6.07, 6.45) is 6.68. The molecule has 0 amide bonds. The predicted molar refractivity (Wildman–Crippen MR) is 114 cm³/mol. The van der Waals surface area contributed by atoms with Crippen LogP contribution in [0.2, 0.25) is 0 Å². The van der Waals surface area contributed by atoms with Crippen LogP contribution < -0.4 is 10.6 Å². The molecule has 1 aliphatic carbocycles. The molecular formula is C18H38IN5. The normalized spacial score (nSPS) is 21.5. The largest absolute Gasteiger partial charge is 0.356 e. The Hall–Kier alpha value is -0.0800. The van der Waals surface area contributed by atoms with E-state index < -0.39 is 0 Å². The van der Waals surface area contributed by atoms with Gasteiger partial charge in [-0.2, -0.15) is 0 Å². The molecule has 0 aromatic heterocycles. The van der Waals surface area contributed by atoms with Gasteiger partial charge in [-0.05, 0) is 77.7 Å². The maximum Gasteiger partial charge on any atom is 0.191 e. The van der Waals surface area contributed by atoms with E-state index >= 15 is 0 Å². The lowest BCUT2D eigenvalue weighted by molar-refractivity contribution is 0.191. The number of halogens is 1. The number of likely N-dealkylation sites (N-methyl/N-ethyl adjacent to an activating group) is 1. The Morgan fingerprint density at radius 1 is 1.17 bits per heavy atom. The molecule has 0 aromatic carbocycles. The number of rotatable bonds is 8. The Balaban J connectivity index is 0.00000288. The highest BCUT2D eigenvalue weighted by atomic mass is 127. The topological polar surface area (TPSA) is 42.9 Å². The van der Waals surface area contributed by atoms with E-state index in [1.54, 1.807) is 0 Å². The van der Waals surface area contributed by atoms with Gasteiger partial charge in [0.25, 0.3) is 0 Å². The number of likely N-dealkylation sites (tertiary alicyclic amines) is 1. The summed E-state index contributed by atoms with van der Waals surface area (Å²) in [5, 5.41) is 6.97. The van der Waals surface area contributed by atoms with Crippen LogP contribution in [-0.2, 0) is 0 Å². The highest BCUT2D eigenvalue weighted by Crippen LogP contribution is 2.34. The van der Waals surface area contributed by atoms with Crippen LogP contribution in [0.1, 0.15) is 39.0 Å². The van der Waals surface area contributed by atoms with E-state index in [1.807, 2.05) is 7.05 Å². The van der Waals surface area contributed by atoms with Crippen LogP contribution in [-0.4, -0.2) is 75.7 Å². The molecule has 1 unspecified atom stereocenters. The van der Waals surface area contributed by atoms with Crippen LogP contribution in [0.5, 0.6) is 0 Å². The zero-order chi connectivity index (χ0) is 16.7. The second-order valence-corrected chi connectivity index (χ2v) is 7.63. The lowest BCUT2D eigenvalue weighted by atomic mass is 9.99. The van der Waals surface area contributed by atoms with Crippen molar-refractivity contribution >= 4 is 29.9 Å². The highest BCUT2D eigenvalue weighted by molar-refractivity contribution is 14.0. The van der Waals surface area contributed by atoms with Gasteiger partial charge in [0.05, 0.1) is 0 Å². The van der Waals surface area contributed by atoms with Crippen molar-refractivity contribution in [3.63, 3.8) is 0 Å². The SMILES string of the molecule is CN=C(NCCCN1CCC(C)CC1)NCC(C1CC1)N(C)C.I. The van der Waals surface area contributed by atoms with Crippen molar-refractivity contribution < 1.29 is 0 Å². The summed E-state index contributed by atoms with van der Waals surface area (Å²) in [5.41, 5.74) is 0. The average Bonchev–Trinajstić information content (AvgIpc) is 3.36. The summed E-state index contributed by atoms with van der Waals surface area (Å²) in [5.74, 6) is 2.74. The monoisotopic (exact) mass is 451 g/mol. The van der Waals surface area contributed by atoms with E-state index in [1.165, 1.54) is 51.7 Å². The lowest BCUT2D eigenvalue weighted by Crippen LogP contribution is -2.46. The van der Waals surface area contributed by atoms with Gasteiger partial charge in [0.1, 0.15) is 0 Å². The Labute approximate surface area is 166 Å². The van der Waals surface area contributed by atoms with Crippen LogP contribution in [0.4, 0.5) is 0 Å². The van der Waals surface area contributed by atoms with Gasteiger partial charge in [-0.3, -0.25) is 4.99 Å². The van der Waals surface area contributed by atoms with E-state index in [4.69, 9.17) is 0 Å². The van der Waals surface area contributed by atoms with Crippen molar-refractivity contribution in [2.24, 2.45) is 16.8 Å². The summed E-state index contributed by atoms with van der Waals surface area (Å²) >= 11 is 0. The summed E-state index contributed by atoms with van der Waals surface area (Å²) in [6, 6.07) is 0.629. The molecule has 0 aromatic rings. The summed E-state index contributed by atoms with van der Waals surface area (Å²) < 4.78 is 0. The van der Waals surface area contributed by atoms with Gasteiger partial charge in [-0.1, -0.05) is 6.92 Å². The summed E-state index contributed by atoms with van der Waals surface area (Å²) in [4.78, 5) is 9.30. The maximum atomic E-state index is 4.36. The number of nitrogens with zero attached hydrogens (tertiary/aromatic N) is 3. The van der Waals surface area contributed by atoms with Crippen LogP contribution >= 0.6 is 24.0 Å². The molecule has 2 aliphatic rings. The van der Waals surface area contributed by atoms with Crippen molar-refractivity contribution in [2.75, 3.05) is 53.9 Å². The van der Waals surface area contributed by atoms with Crippen LogP contribution in [0.3, 0.4) is 0 Å². The molecular weight excluding hydrogens is 413 g/mol. The molecule has 6 heteroatoms. The first-order valence-corrected chi connectivity index (χ1v) is 9.43. The molecule has 2 N–H and O–H groups in total. The fourth-order valence-electron chi connectivity index (χ4n) is 3.47. The molecule has 1 saturated heterocycles. The van der Waals surface area contributed by atoms with Gasteiger partial charge in [-0.25, -0.2) is 0 Å². The Bertz CT molecular complexity index is 360. The van der Waals surface area contributed by atoms with Gasteiger partial charge in [0, 0.05) is 26.2 Å². The molecule has 5 nitrogen and oxygen atoms in total. The smallest absolute Gasteiger partial charge is 0.191 e. The molecule has 0 spiro atoms. The number of nitrogens with one attached hydrogen (secondary N) is 2. The number of hydrogen-bond acceptors (Lipinski definition) is 3. The third-order valence-corrected chi connectivity index (χ3v) is 5.35. The minimum atomic E-state index is 0. The Morgan fingerprint density at radius 3 is 2.38 bits per heavy atom. The first-order valence-electron chi connectivity index (χ1n) is 9.43. The van der Waals surface area contributed by atoms with Gasteiger partial charge < -0.3 is 20.4 Å². The minimum absolute atomic E-state index is 0. The van der Waals surface area contributed by atoms with Gasteiger partial charge in [0.15, 0.2) is 5.96 Å². The highest BCUT2D eigenvalue weighted by Gasteiger charge is 2.32. The zero-order valence-corrected chi connectivity index (χ0v) is 18.4. The molecule has 142 valence electrons. The summed E-state index contributed by atoms with van der Waals surface area (Å²) in [6.45, 7) is 8.12. The lowest BCUT2D eigenvalue weighted by Gasteiger charge is -2.30. The molecule has 24 heavy (non-hydrogen) atoms. The van der Waals surface area contributed by atoms with Gasteiger partial charge >= 0.3 is 0 Å². The fourth-order valence-corrected chi connectivity index (χ4v) is 3.47. The standard InChI is InChI=1S/C18H37N5.HI/c1-15-8-12-23(13-9-15)11-5-10-20-18(19-2)21-14-17(22(3)4)16-6-7-16;/h15-17H,5-14H2,1-4H3,(H2,19,20,21);1H. The molecule has 2 fully saturated rings. The first kappa shape index (κ1) is 22.0.